The van der Waals surface area contributed by atoms with Gasteiger partial charge >= 0.3 is 0 Å². The maximum Gasteiger partial charge on any atom is 0.240 e. The molecule has 0 aromatic carbocycles. The molecule has 1 aromatic rings. The standard InChI is InChI=1S/C16H24N4O2S/c1-11-10-23-16(17-11)18-15(22)9-19-7-3-5-13(19)14-6-4-8-20(14)12(2)21/h10,13-14H,3-9H2,1-2H3,(H,17,18,22)/t13-,14+/m0/s1. The number of nitrogens with zero attached hydrogens (tertiary/aromatic N) is 3. The molecule has 0 bridgehead atoms. The second-order valence-electron chi connectivity index (χ2n) is 6.44. The number of nitrogens with one attached hydrogen (secondary N) is 1. The quantitative estimate of drug-likeness (QED) is 0.911. The summed E-state index contributed by atoms with van der Waals surface area (Å²) in [6, 6.07) is 0.579. The smallest absolute Gasteiger partial charge is 0.240 e. The lowest BCUT2D eigenvalue weighted by Crippen LogP contribution is -2.49. The highest BCUT2D eigenvalue weighted by molar-refractivity contribution is 7.13. The van der Waals surface area contributed by atoms with Crippen molar-refractivity contribution in [1.29, 1.82) is 0 Å². The summed E-state index contributed by atoms with van der Waals surface area (Å²) < 4.78 is 0. The van der Waals surface area contributed by atoms with Crippen LogP contribution in [0.4, 0.5) is 5.13 Å². The van der Waals surface area contributed by atoms with Gasteiger partial charge in [0.25, 0.3) is 0 Å². The lowest BCUT2D eigenvalue weighted by atomic mass is 10.0. The molecule has 23 heavy (non-hydrogen) atoms. The van der Waals surface area contributed by atoms with Crippen molar-refractivity contribution in [3.63, 3.8) is 0 Å². The van der Waals surface area contributed by atoms with Crippen LogP contribution >= 0.6 is 11.3 Å². The molecule has 3 rings (SSSR count). The molecule has 1 aromatic heterocycles. The lowest BCUT2D eigenvalue weighted by molar-refractivity contribution is -0.130. The van der Waals surface area contributed by atoms with Crippen molar-refractivity contribution in [2.75, 3.05) is 25.0 Å². The summed E-state index contributed by atoms with van der Waals surface area (Å²) >= 11 is 1.45. The number of aromatic nitrogens is 1. The second kappa shape index (κ2) is 6.97. The van der Waals surface area contributed by atoms with Crippen molar-refractivity contribution in [1.82, 2.24) is 14.8 Å². The Morgan fingerprint density at radius 2 is 2.04 bits per heavy atom. The van der Waals surface area contributed by atoms with Gasteiger partial charge in [-0.15, -0.1) is 11.3 Å². The van der Waals surface area contributed by atoms with E-state index in [4.69, 9.17) is 0 Å². The molecule has 2 fully saturated rings. The highest BCUT2D eigenvalue weighted by atomic mass is 32.1. The number of carbonyl (C=O) groups excluding carboxylic acids is 2. The third kappa shape index (κ3) is 3.72. The average Bonchev–Trinajstić information content (AvgIpc) is 3.18. The molecule has 6 nitrogen and oxygen atoms in total. The second-order valence-corrected chi connectivity index (χ2v) is 7.30. The van der Waals surface area contributed by atoms with Gasteiger partial charge in [-0.2, -0.15) is 0 Å². The average molecular weight is 336 g/mol. The summed E-state index contributed by atoms with van der Waals surface area (Å²) in [5, 5.41) is 5.47. The van der Waals surface area contributed by atoms with E-state index in [9.17, 15) is 9.59 Å². The van der Waals surface area contributed by atoms with Crippen LogP contribution in [0.2, 0.25) is 0 Å². The van der Waals surface area contributed by atoms with Crippen LogP contribution < -0.4 is 5.32 Å². The van der Waals surface area contributed by atoms with Gasteiger partial charge in [-0.05, 0) is 39.2 Å². The minimum absolute atomic E-state index is 0.0152. The van der Waals surface area contributed by atoms with Crippen LogP contribution in [0, 0.1) is 6.92 Å². The third-order valence-corrected chi connectivity index (χ3v) is 5.65. The Kier molecular flexibility index (Phi) is 4.96. The van der Waals surface area contributed by atoms with Crippen molar-refractivity contribution in [3.05, 3.63) is 11.1 Å². The zero-order valence-corrected chi connectivity index (χ0v) is 14.6. The maximum atomic E-state index is 12.3. The lowest BCUT2D eigenvalue weighted by Gasteiger charge is -2.34. The number of hydrogen-bond donors (Lipinski definition) is 1. The van der Waals surface area contributed by atoms with Crippen molar-refractivity contribution in [2.24, 2.45) is 0 Å². The van der Waals surface area contributed by atoms with E-state index in [0.717, 1.165) is 44.5 Å². The first kappa shape index (κ1) is 16.4. The molecule has 2 amide bonds. The molecule has 7 heteroatoms. The largest absolute Gasteiger partial charge is 0.338 e. The van der Waals surface area contributed by atoms with E-state index in [1.165, 1.54) is 11.3 Å². The van der Waals surface area contributed by atoms with Crippen molar-refractivity contribution in [2.45, 2.75) is 51.6 Å². The van der Waals surface area contributed by atoms with Gasteiger partial charge in [-0.3, -0.25) is 14.5 Å². The van der Waals surface area contributed by atoms with Crippen molar-refractivity contribution < 1.29 is 9.59 Å². The molecule has 2 saturated heterocycles. The molecule has 2 atom stereocenters. The summed E-state index contributed by atoms with van der Waals surface area (Å²) in [6.07, 6.45) is 4.28. The number of anilines is 1. The Balaban J connectivity index is 1.60. The van der Waals surface area contributed by atoms with Crippen molar-refractivity contribution in [3.8, 4) is 0 Å². The molecule has 2 aliphatic rings. The first-order valence-electron chi connectivity index (χ1n) is 8.28. The summed E-state index contributed by atoms with van der Waals surface area (Å²) in [6.45, 7) is 5.73. The normalized spacial score (nSPS) is 25.0. The van der Waals surface area contributed by atoms with Gasteiger partial charge in [-0.25, -0.2) is 4.98 Å². The van der Waals surface area contributed by atoms with Crippen LogP contribution in [0.15, 0.2) is 5.38 Å². The van der Waals surface area contributed by atoms with E-state index in [2.05, 4.69) is 15.2 Å². The molecule has 1 N–H and O–H groups in total. The van der Waals surface area contributed by atoms with Crippen LogP contribution in [0.1, 0.15) is 38.3 Å². The van der Waals surface area contributed by atoms with Crippen molar-refractivity contribution >= 4 is 28.3 Å². The topological polar surface area (TPSA) is 65.5 Å². The Labute approximate surface area is 140 Å². The fourth-order valence-corrected chi connectivity index (χ4v) is 4.53. The van der Waals surface area contributed by atoms with Gasteiger partial charge in [0.15, 0.2) is 5.13 Å². The highest BCUT2D eigenvalue weighted by Gasteiger charge is 2.39. The predicted octanol–water partition coefficient (Wildman–Crippen LogP) is 1.87. The molecule has 126 valence electrons. The number of rotatable bonds is 4. The molecule has 0 unspecified atom stereocenters. The van der Waals surface area contributed by atoms with E-state index < -0.39 is 0 Å². The molecule has 0 aliphatic carbocycles. The number of aryl methyl sites for hydroxylation is 1. The van der Waals surface area contributed by atoms with Gasteiger partial charge in [0.05, 0.1) is 12.2 Å². The Bertz CT molecular complexity index is 588. The van der Waals surface area contributed by atoms with Gasteiger partial charge in [-0.1, -0.05) is 0 Å². The minimum Gasteiger partial charge on any atom is -0.338 e. The first-order valence-corrected chi connectivity index (χ1v) is 9.16. The monoisotopic (exact) mass is 336 g/mol. The molecule has 2 aliphatic heterocycles. The third-order valence-electron chi connectivity index (χ3n) is 4.77. The van der Waals surface area contributed by atoms with Crippen LogP contribution in [0.25, 0.3) is 0 Å². The van der Waals surface area contributed by atoms with Gasteiger partial charge < -0.3 is 10.2 Å². The summed E-state index contributed by atoms with van der Waals surface area (Å²) in [7, 11) is 0. The zero-order chi connectivity index (χ0) is 16.4. The Hall–Kier alpha value is -1.47. The van der Waals surface area contributed by atoms with Crippen LogP contribution in [0.5, 0.6) is 0 Å². The van der Waals surface area contributed by atoms with E-state index in [-0.39, 0.29) is 17.9 Å². The zero-order valence-electron chi connectivity index (χ0n) is 13.7. The highest BCUT2D eigenvalue weighted by Crippen LogP contribution is 2.30. The van der Waals surface area contributed by atoms with Gasteiger partial charge in [0, 0.05) is 30.9 Å². The first-order chi connectivity index (χ1) is 11.0. The number of thiazole rings is 1. The summed E-state index contributed by atoms with van der Waals surface area (Å²) in [5.74, 6) is 0.140. The number of likely N-dealkylation sites (tertiary alicyclic amines) is 2. The Morgan fingerprint density at radius 3 is 2.74 bits per heavy atom. The molecule has 0 radical (unpaired) electrons. The molecular formula is C16H24N4O2S. The molecular weight excluding hydrogens is 312 g/mol. The minimum atomic E-state index is -0.0152. The molecule has 0 spiro atoms. The van der Waals surface area contributed by atoms with E-state index in [0.29, 0.717) is 17.7 Å². The van der Waals surface area contributed by atoms with E-state index >= 15 is 0 Å². The van der Waals surface area contributed by atoms with Gasteiger partial charge in [0.2, 0.25) is 11.8 Å². The van der Waals surface area contributed by atoms with Crippen LogP contribution in [-0.4, -0.2) is 58.3 Å². The molecule has 3 heterocycles. The predicted molar refractivity (Wildman–Crippen MR) is 90.5 cm³/mol. The summed E-state index contributed by atoms with van der Waals surface area (Å²) in [4.78, 5) is 32.6. The SMILES string of the molecule is CC(=O)N1CCC[C@@H]1[C@@H]1CCCN1CC(=O)Nc1nc(C)cs1. The van der Waals surface area contributed by atoms with E-state index in [1.807, 2.05) is 17.2 Å². The molecule has 0 saturated carbocycles. The fraction of sp³-hybridized carbons (Fsp3) is 0.688. The van der Waals surface area contributed by atoms with Crippen LogP contribution in [0.3, 0.4) is 0 Å². The van der Waals surface area contributed by atoms with Gasteiger partial charge in [0.1, 0.15) is 0 Å². The Morgan fingerprint density at radius 1 is 1.30 bits per heavy atom. The van der Waals surface area contributed by atoms with Crippen LogP contribution in [-0.2, 0) is 9.59 Å². The number of carbonyl (C=O) groups is 2. The number of hydrogen-bond acceptors (Lipinski definition) is 5. The van der Waals surface area contributed by atoms with E-state index in [1.54, 1.807) is 6.92 Å². The maximum absolute atomic E-state index is 12.3. The number of amides is 2. The summed E-state index contributed by atoms with van der Waals surface area (Å²) in [5.41, 5.74) is 0.924. The fourth-order valence-electron chi connectivity index (χ4n) is 3.82.